The maximum Gasteiger partial charge on any atom is 0.308 e. The van der Waals surface area contributed by atoms with Crippen molar-refractivity contribution >= 4 is 17.3 Å². The zero-order valence-electron chi connectivity index (χ0n) is 14.7. The standard InChI is InChI=1S/C22H18O4S/c1-12-8-18(27-10-12)20-15-5-3-2-4-14(15)19(21(20)22(23)24)13-6-7-16-17(9-13)26-11-25-16/h2-10,19-21H,11H2,1H3,(H,23,24). The Bertz CT molecular complexity index is 1040. The lowest BCUT2D eigenvalue weighted by Crippen LogP contribution is -2.23. The Balaban J connectivity index is 1.69. The summed E-state index contributed by atoms with van der Waals surface area (Å²) in [6.07, 6.45) is 0. The van der Waals surface area contributed by atoms with E-state index in [9.17, 15) is 9.90 Å². The van der Waals surface area contributed by atoms with Gasteiger partial charge in [-0.2, -0.15) is 0 Å². The summed E-state index contributed by atoms with van der Waals surface area (Å²) in [5.41, 5.74) is 4.31. The summed E-state index contributed by atoms with van der Waals surface area (Å²) < 4.78 is 10.9. The molecule has 27 heavy (non-hydrogen) atoms. The van der Waals surface area contributed by atoms with Crippen molar-refractivity contribution in [2.24, 2.45) is 5.92 Å². The molecule has 3 atom stereocenters. The highest BCUT2D eigenvalue weighted by Crippen LogP contribution is 2.54. The smallest absolute Gasteiger partial charge is 0.308 e. The molecule has 2 heterocycles. The van der Waals surface area contributed by atoms with Crippen LogP contribution in [0.4, 0.5) is 0 Å². The number of aliphatic carboxylic acids is 1. The van der Waals surface area contributed by atoms with Crippen molar-refractivity contribution in [3.8, 4) is 11.5 Å². The second-order valence-electron chi connectivity index (χ2n) is 7.09. The van der Waals surface area contributed by atoms with Gasteiger partial charge in [0.2, 0.25) is 6.79 Å². The van der Waals surface area contributed by atoms with Gasteiger partial charge in [-0.3, -0.25) is 4.79 Å². The molecule has 5 rings (SSSR count). The predicted molar refractivity (Wildman–Crippen MR) is 103 cm³/mol. The molecule has 5 heteroatoms. The van der Waals surface area contributed by atoms with E-state index in [1.807, 2.05) is 37.3 Å². The van der Waals surface area contributed by atoms with Crippen LogP contribution in [0.1, 0.15) is 39.0 Å². The van der Waals surface area contributed by atoms with E-state index >= 15 is 0 Å². The topological polar surface area (TPSA) is 55.8 Å². The molecule has 0 fully saturated rings. The number of ether oxygens (including phenoxy) is 2. The number of rotatable bonds is 3. The molecule has 136 valence electrons. The highest BCUT2D eigenvalue weighted by atomic mass is 32.1. The quantitative estimate of drug-likeness (QED) is 0.714. The zero-order chi connectivity index (χ0) is 18.5. The van der Waals surface area contributed by atoms with Crippen LogP contribution in [0, 0.1) is 12.8 Å². The minimum Gasteiger partial charge on any atom is -0.481 e. The van der Waals surface area contributed by atoms with Gasteiger partial charge >= 0.3 is 5.97 Å². The number of aryl methyl sites for hydroxylation is 1. The molecular formula is C22H18O4S. The molecule has 0 bridgehead atoms. The van der Waals surface area contributed by atoms with E-state index in [4.69, 9.17) is 9.47 Å². The van der Waals surface area contributed by atoms with Crippen LogP contribution in [0.2, 0.25) is 0 Å². The van der Waals surface area contributed by atoms with Crippen LogP contribution >= 0.6 is 11.3 Å². The minimum atomic E-state index is -0.773. The number of hydrogen-bond acceptors (Lipinski definition) is 4. The zero-order valence-corrected chi connectivity index (χ0v) is 15.5. The lowest BCUT2D eigenvalue weighted by atomic mass is 9.81. The van der Waals surface area contributed by atoms with Crippen LogP contribution in [-0.4, -0.2) is 17.9 Å². The lowest BCUT2D eigenvalue weighted by molar-refractivity contribution is -0.142. The van der Waals surface area contributed by atoms with Crippen molar-refractivity contribution in [2.75, 3.05) is 6.79 Å². The Morgan fingerprint density at radius 3 is 2.48 bits per heavy atom. The summed E-state index contributed by atoms with van der Waals surface area (Å²) in [6.45, 7) is 2.26. The lowest BCUT2D eigenvalue weighted by Gasteiger charge is -2.22. The van der Waals surface area contributed by atoms with Gasteiger partial charge in [-0.05, 0) is 52.8 Å². The molecule has 2 aromatic carbocycles. The first-order valence-corrected chi connectivity index (χ1v) is 9.77. The van der Waals surface area contributed by atoms with Crippen LogP contribution in [0.15, 0.2) is 53.9 Å². The van der Waals surface area contributed by atoms with Crippen molar-refractivity contribution in [3.05, 3.63) is 81.0 Å². The maximum atomic E-state index is 12.4. The van der Waals surface area contributed by atoms with Crippen LogP contribution in [0.5, 0.6) is 11.5 Å². The van der Waals surface area contributed by atoms with Gasteiger partial charge in [-0.25, -0.2) is 0 Å². The van der Waals surface area contributed by atoms with Gasteiger partial charge in [-0.1, -0.05) is 30.3 Å². The number of fused-ring (bicyclic) bond motifs is 2. The van der Waals surface area contributed by atoms with Crippen LogP contribution < -0.4 is 9.47 Å². The molecule has 0 amide bonds. The summed E-state index contributed by atoms with van der Waals surface area (Å²) in [5.74, 6) is -0.300. The SMILES string of the molecule is Cc1csc(C2c3ccccc3C(c3ccc4c(c3)OCO4)C2C(=O)O)c1. The van der Waals surface area contributed by atoms with Gasteiger partial charge in [0.1, 0.15) is 0 Å². The first-order chi connectivity index (χ1) is 13.1. The summed E-state index contributed by atoms with van der Waals surface area (Å²) >= 11 is 1.64. The fourth-order valence-corrected chi connectivity index (χ4v) is 5.45. The number of carboxylic acids is 1. The van der Waals surface area contributed by atoms with Gasteiger partial charge in [0.05, 0.1) is 5.92 Å². The Hall–Kier alpha value is -2.79. The monoisotopic (exact) mass is 378 g/mol. The van der Waals surface area contributed by atoms with Gasteiger partial charge in [-0.15, -0.1) is 11.3 Å². The molecular weight excluding hydrogens is 360 g/mol. The largest absolute Gasteiger partial charge is 0.481 e. The Morgan fingerprint density at radius 2 is 1.78 bits per heavy atom. The molecule has 0 saturated heterocycles. The van der Waals surface area contributed by atoms with Gasteiger partial charge in [0.15, 0.2) is 11.5 Å². The Morgan fingerprint density at radius 1 is 1.04 bits per heavy atom. The molecule has 1 aliphatic carbocycles. The highest BCUT2D eigenvalue weighted by Gasteiger charge is 2.47. The van der Waals surface area contributed by atoms with E-state index in [0.29, 0.717) is 11.5 Å². The third-order valence-corrected chi connectivity index (χ3v) is 6.62. The molecule has 0 saturated carbocycles. The van der Waals surface area contributed by atoms with E-state index in [0.717, 1.165) is 21.6 Å². The first-order valence-electron chi connectivity index (χ1n) is 8.89. The van der Waals surface area contributed by atoms with Crippen molar-refractivity contribution in [1.82, 2.24) is 0 Å². The fraction of sp³-hybridized carbons (Fsp3) is 0.227. The van der Waals surface area contributed by atoms with E-state index < -0.39 is 11.9 Å². The van der Waals surface area contributed by atoms with Crippen LogP contribution in [0.25, 0.3) is 0 Å². The average molecular weight is 378 g/mol. The van der Waals surface area contributed by atoms with E-state index in [1.165, 1.54) is 5.56 Å². The predicted octanol–water partition coefficient (Wildman–Crippen LogP) is 4.76. The molecule has 0 radical (unpaired) electrons. The number of carboxylic acid groups (broad SMARTS) is 1. The summed E-state index contributed by atoms with van der Waals surface area (Å²) in [7, 11) is 0. The Labute approximate surface area is 161 Å². The van der Waals surface area contributed by atoms with E-state index in [2.05, 4.69) is 23.6 Å². The molecule has 1 aromatic heterocycles. The van der Waals surface area contributed by atoms with Crippen LogP contribution in [0.3, 0.4) is 0 Å². The maximum absolute atomic E-state index is 12.4. The van der Waals surface area contributed by atoms with Crippen molar-refractivity contribution in [2.45, 2.75) is 18.8 Å². The Kier molecular flexibility index (Phi) is 3.72. The normalized spacial score (nSPS) is 22.6. The molecule has 3 aromatic rings. The molecule has 3 unspecified atom stereocenters. The van der Waals surface area contributed by atoms with E-state index in [1.54, 1.807) is 11.3 Å². The third kappa shape index (κ3) is 2.53. The molecule has 2 aliphatic rings. The van der Waals surface area contributed by atoms with Gasteiger partial charge in [0.25, 0.3) is 0 Å². The number of carbonyl (C=O) groups is 1. The van der Waals surface area contributed by atoms with Crippen molar-refractivity contribution in [3.63, 3.8) is 0 Å². The number of benzene rings is 2. The van der Waals surface area contributed by atoms with E-state index in [-0.39, 0.29) is 18.6 Å². The first kappa shape index (κ1) is 16.4. The summed E-state index contributed by atoms with van der Waals surface area (Å²) in [4.78, 5) is 13.5. The highest BCUT2D eigenvalue weighted by molar-refractivity contribution is 7.10. The van der Waals surface area contributed by atoms with Crippen molar-refractivity contribution < 1.29 is 19.4 Å². The molecule has 1 aliphatic heterocycles. The number of hydrogen-bond donors (Lipinski definition) is 1. The minimum absolute atomic E-state index is 0.146. The molecule has 4 nitrogen and oxygen atoms in total. The second-order valence-corrected chi connectivity index (χ2v) is 8.03. The fourth-order valence-electron chi connectivity index (χ4n) is 4.38. The van der Waals surface area contributed by atoms with Crippen LogP contribution in [-0.2, 0) is 4.79 Å². The summed E-state index contributed by atoms with van der Waals surface area (Å²) in [5, 5.41) is 12.3. The second kappa shape index (κ2) is 6.13. The summed E-state index contributed by atoms with van der Waals surface area (Å²) in [6, 6.07) is 16.0. The number of thiophene rings is 1. The molecule has 0 spiro atoms. The van der Waals surface area contributed by atoms with Gasteiger partial charge < -0.3 is 14.6 Å². The molecule has 1 N–H and O–H groups in total. The van der Waals surface area contributed by atoms with Gasteiger partial charge in [0, 0.05) is 16.7 Å². The third-order valence-electron chi connectivity index (χ3n) is 5.48. The van der Waals surface area contributed by atoms with Crippen molar-refractivity contribution in [1.29, 1.82) is 0 Å². The average Bonchev–Trinajstić information content (AvgIpc) is 3.36.